The highest BCUT2D eigenvalue weighted by atomic mass is 32.2. The molecule has 0 unspecified atom stereocenters. The van der Waals surface area contributed by atoms with Gasteiger partial charge < -0.3 is 4.90 Å². The fourth-order valence-corrected chi connectivity index (χ4v) is 4.94. The van der Waals surface area contributed by atoms with Gasteiger partial charge in [0.1, 0.15) is 4.21 Å². The van der Waals surface area contributed by atoms with E-state index >= 15 is 0 Å². The van der Waals surface area contributed by atoms with Crippen molar-refractivity contribution < 1.29 is 13.2 Å². The van der Waals surface area contributed by atoms with Crippen LogP contribution in [0.3, 0.4) is 0 Å². The second kappa shape index (κ2) is 5.70. The van der Waals surface area contributed by atoms with Crippen molar-refractivity contribution >= 4 is 27.1 Å². The van der Waals surface area contributed by atoms with Crippen LogP contribution in [0.5, 0.6) is 0 Å². The Kier molecular flexibility index (Phi) is 4.08. The van der Waals surface area contributed by atoms with Gasteiger partial charge in [0, 0.05) is 23.7 Å². The minimum absolute atomic E-state index is 0.113. The van der Waals surface area contributed by atoms with Crippen molar-refractivity contribution in [3.63, 3.8) is 0 Å². The number of aryl methyl sites for hydroxylation is 1. The van der Waals surface area contributed by atoms with E-state index in [0.717, 1.165) is 24.0 Å². The first-order valence-corrected chi connectivity index (χ1v) is 10.5. The molecule has 1 aromatic carbocycles. The molecule has 4 nitrogen and oxygen atoms in total. The third-order valence-corrected chi connectivity index (χ3v) is 7.24. The molecule has 1 aliphatic heterocycles. The van der Waals surface area contributed by atoms with Crippen LogP contribution in [0.25, 0.3) is 0 Å². The minimum atomic E-state index is -3.28. The van der Waals surface area contributed by atoms with Gasteiger partial charge >= 0.3 is 0 Å². The van der Waals surface area contributed by atoms with Crippen LogP contribution >= 0.6 is 11.3 Å². The van der Waals surface area contributed by atoms with Gasteiger partial charge in [-0.25, -0.2) is 8.42 Å². The number of rotatable bonds is 2. The Bertz CT molecular complexity index is 910. The molecule has 6 heteroatoms. The molecule has 0 bridgehead atoms. The van der Waals surface area contributed by atoms with Gasteiger partial charge in [-0.3, -0.25) is 4.79 Å². The van der Waals surface area contributed by atoms with Crippen LogP contribution in [0.1, 0.15) is 40.9 Å². The molecule has 0 fully saturated rings. The topological polar surface area (TPSA) is 54.5 Å². The summed E-state index contributed by atoms with van der Waals surface area (Å²) in [6.07, 6.45) is 1.95. The van der Waals surface area contributed by atoms with Crippen LogP contribution in [0.4, 0.5) is 0 Å². The van der Waals surface area contributed by atoms with Crippen molar-refractivity contribution in [2.45, 2.75) is 43.5 Å². The molecule has 2 heterocycles. The Labute approximate surface area is 147 Å². The quantitative estimate of drug-likeness (QED) is 0.821. The third-order valence-electron chi connectivity index (χ3n) is 4.48. The zero-order valence-corrected chi connectivity index (χ0v) is 15.9. The monoisotopic (exact) mass is 363 g/mol. The van der Waals surface area contributed by atoms with Gasteiger partial charge in [0.15, 0.2) is 9.84 Å². The third kappa shape index (κ3) is 3.13. The van der Waals surface area contributed by atoms with Crippen molar-refractivity contribution in [3.05, 3.63) is 51.9 Å². The van der Waals surface area contributed by atoms with Crippen LogP contribution in [-0.2, 0) is 22.8 Å². The van der Waals surface area contributed by atoms with E-state index in [4.69, 9.17) is 0 Å². The summed E-state index contributed by atoms with van der Waals surface area (Å²) in [5.41, 5.74) is 3.75. The van der Waals surface area contributed by atoms with Crippen LogP contribution in [0, 0.1) is 6.92 Å². The van der Waals surface area contributed by atoms with Crippen LogP contribution in [0.15, 0.2) is 33.9 Å². The normalized spacial score (nSPS) is 16.8. The molecule has 0 saturated carbocycles. The molecule has 0 aliphatic carbocycles. The Morgan fingerprint density at radius 1 is 1.21 bits per heavy atom. The van der Waals surface area contributed by atoms with E-state index in [9.17, 15) is 13.2 Å². The summed E-state index contributed by atoms with van der Waals surface area (Å²) in [5.74, 6) is -0.113. The fraction of sp³-hybridized carbons (Fsp3) is 0.389. The van der Waals surface area contributed by atoms with Gasteiger partial charge in [-0.1, -0.05) is 23.8 Å². The Balaban J connectivity index is 1.96. The molecular weight excluding hydrogens is 342 g/mol. The van der Waals surface area contributed by atoms with Crippen molar-refractivity contribution in [3.8, 4) is 0 Å². The van der Waals surface area contributed by atoms with E-state index in [1.165, 1.54) is 22.8 Å². The zero-order chi connectivity index (χ0) is 17.7. The molecule has 128 valence electrons. The fourth-order valence-electron chi connectivity index (χ4n) is 3.15. The molecule has 0 spiro atoms. The summed E-state index contributed by atoms with van der Waals surface area (Å²) in [6, 6.07) is 7.86. The van der Waals surface area contributed by atoms with Crippen LogP contribution < -0.4 is 0 Å². The minimum Gasteiger partial charge on any atom is -0.329 e. The number of sulfone groups is 1. The molecule has 1 amide bonds. The number of nitrogens with zero attached hydrogens (tertiary/aromatic N) is 1. The second-order valence-electron chi connectivity index (χ2n) is 7.08. The van der Waals surface area contributed by atoms with Crippen LogP contribution in [-0.4, -0.2) is 31.0 Å². The molecule has 0 saturated heterocycles. The van der Waals surface area contributed by atoms with Gasteiger partial charge in [0.25, 0.3) is 5.91 Å². The number of fused-ring (bicyclic) bond motifs is 1. The van der Waals surface area contributed by atoms with E-state index in [1.54, 1.807) is 5.38 Å². The van der Waals surface area contributed by atoms with E-state index in [2.05, 4.69) is 32.0 Å². The van der Waals surface area contributed by atoms with Crippen molar-refractivity contribution in [2.24, 2.45) is 0 Å². The Hall–Kier alpha value is -1.66. The molecule has 24 heavy (non-hydrogen) atoms. The first-order chi connectivity index (χ1) is 11.1. The highest BCUT2D eigenvalue weighted by Gasteiger charge is 2.36. The van der Waals surface area contributed by atoms with Gasteiger partial charge in [-0.05, 0) is 44.4 Å². The summed E-state index contributed by atoms with van der Waals surface area (Å²) in [6.45, 7) is 6.70. The first-order valence-electron chi connectivity index (χ1n) is 7.77. The number of carbonyl (C=O) groups excluding carboxylic acids is 1. The highest BCUT2D eigenvalue weighted by molar-refractivity contribution is 7.92. The predicted molar refractivity (Wildman–Crippen MR) is 96.3 cm³/mol. The number of carbonyl (C=O) groups is 1. The SMILES string of the molecule is Cc1ccc2c(c1)CN(C(=O)c1csc(S(C)(=O)=O)c1)C(C)(C)C2. The lowest BCUT2D eigenvalue weighted by Crippen LogP contribution is -2.51. The number of hydrogen-bond donors (Lipinski definition) is 0. The number of amides is 1. The lowest BCUT2D eigenvalue weighted by molar-refractivity contribution is 0.0489. The molecule has 1 aromatic heterocycles. The van der Waals surface area contributed by atoms with E-state index in [0.29, 0.717) is 12.1 Å². The second-order valence-corrected chi connectivity index (χ2v) is 10.2. The van der Waals surface area contributed by atoms with E-state index in [-0.39, 0.29) is 15.7 Å². The molecule has 0 atom stereocenters. The molecule has 0 N–H and O–H groups in total. The van der Waals surface area contributed by atoms with E-state index in [1.807, 2.05) is 11.8 Å². The standard InChI is InChI=1S/C18H21NO3S2/c1-12-5-6-13-9-18(2,3)19(10-14(13)7-12)17(20)15-8-16(23-11-15)24(4,21)22/h5-8,11H,9-10H2,1-4H3. The molecule has 1 aliphatic rings. The maximum atomic E-state index is 13.0. The largest absolute Gasteiger partial charge is 0.329 e. The smallest absolute Gasteiger partial charge is 0.255 e. The van der Waals surface area contributed by atoms with Gasteiger partial charge in [-0.2, -0.15) is 0 Å². The number of hydrogen-bond acceptors (Lipinski definition) is 4. The average molecular weight is 364 g/mol. The zero-order valence-electron chi connectivity index (χ0n) is 14.3. The Morgan fingerprint density at radius 3 is 2.54 bits per heavy atom. The summed E-state index contributed by atoms with van der Waals surface area (Å²) in [4.78, 5) is 14.8. The molecule has 3 rings (SSSR count). The lowest BCUT2D eigenvalue weighted by atomic mass is 9.84. The number of benzene rings is 1. The summed E-state index contributed by atoms with van der Waals surface area (Å²) >= 11 is 1.10. The predicted octanol–water partition coefficient (Wildman–Crippen LogP) is 3.44. The molecule has 2 aromatic rings. The van der Waals surface area contributed by atoms with Crippen molar-refractivity contribution in [2.75, 3.05) is 6.26 Å². The summed E-state index contributed by atoms with van der Waals surface area (Å²) in [7, 11) is -3.28. The molecule has 0 radical (unpaired) electrons. The number of thiophene rings is 1. The lowest BCUT2D eigenvalue weighted by Gasteiger charge is -2.43. The Morgan fingerprint density at radius 2 is 1.92 bits per heavy atom. The van der Waals surface area contributed by atoms with Crippen molar-refractivity contribution in [1.29, 1.82) is 0 Å². The first kappa shape index (κ1) is 17.2. The average Bonchev–Trinajstić information content (AvgIpc) is 2.95. The highest BCUT2D eigenvalue weighted by Crippen LogP contribution is 2.33. The maximum Gasteiger partial charge on any atom is 0.255 e. The van der Waals surface area contributed by atoms with Crippen LogP contribution in [0.2, 0.25) is 0 Å². The summed E-state index contributed by atoms with van der Waals surface area (Å²) < 4.78 is 23.6. The van der Waals surface area contributed by atoms with E-state index < -0.39 is 9.84 Å². The molecular formula is C18H21NO3S2. The maximum absolute atomic E-state index is 13.0. The van der Waals surface area contributed by atoms with Gasteiger partial charge in [-0.15, -0.1) is 11.3 Å². The van der Waals surface area contributed by atoms with Crippen molar-refractivity contribution in [1.82, 2.24) is 4.90 Å². The summed E-state index contributed by atoms with van der Waals surface area (Å²) in [5, 5.41) is 1.64. The van der Waals surface area contributed by atoms with Gasteiger partial charge in [0.2, 0.25) is 0 Å². The van der Waals surface area contributed by atoms with Gasteiger partial charge in [0.05, 0.1) is 5.56 Å².